The molecule has 4 rings (SSSR count). The van der Waals surface area contributed by atoms with Crippen LogP contribution in [-0.4, -0.2) is 17.6 Å². The molecule has 0 aromatic heterocycles. The Balaban J connectivity index is 1.58. The molecule has 0 saturated heterocycles. The van der Waals surface area contributed by atoms with Crippen LogP contribution in [0.15, 0.2) is 54.7 Å². The number of carboxylic acids is 1. The number of aliphatic carboxylic acids is 1. The van der Waals surface area contributed by atoms with E-state index in [0.717, 1.165) is 23.7 Å². The van der Waals surface area contributed by atoms with E-state index in [1.54, 1.807) is 6.08 Å². The van der Waals surface area contributed by atoms with Gasteiger partial charge in [-0.3, -0.25) is 0 Å². The quantitative estimate of drug-likeness (QED) is 0.480. The van der Waals surface area contributed by atoms with Crippen LogP contribution in [0.25, 0.3) is 0 Å². The summed E-state index contributed by atoms with van der Waals surface area (Å²) < 4.78 is 0. The molecule has 4 atom stereocenters. The Hall–Kier alpha value is -1.84. The van der Waals surface area contributed by atoms with Gasteiger partial charge in [0.25, 0.3) is 0 Å². The van der Waals surface area contributed by atoms with E-state index in [2.05, 4.69) is 48.7 Å². The van der Waals surface area contributed by atoms with E-state index in [9.17, 15) is 4.79 Å². The first-order valence-electron chi connectivity index (χ1n) is 9.75. The molecular formula is C23H28ClNO2. The van der Waals surface area contributed by atoms with Gasteiger partial charge < -0.3 is 10.4 Å². The van der Waals surface area contributed by atoms with Crippen LogP contribution >= 0.6 is 11.6 Å². The van der Waals surface area contributed by atoms with Crippen LogP contribution in [0.4, 0.5) is 0 Å². The van der Waals surface area contributed by atoms with E-state index in [1.165, 1.54) is 24.5 Å². The van der Waals surface area contributed by atoms with Gasteiger partial charge in [0.1, 0.15) is 0 Å². The lowest BCUT2D eigenvalue weighted by atomic mass is 9.62. The molecule has 0 heterocycles. The first kappa shape index (κ1) is 19.9. The summed E-state index contributed by atoms with van der Waals surface area (Å²) in [6, 6.07) is 6.22. The lowest BCUT2D eigenvalue weighted by Crippen LogP contribution is -2.41. The third-order valence-corrected chi connectivity index (χ3v) is 6.12. The van der Waals surface area contributed by atoms with Crippen LogP contribution in [0.1, 0.15) is 30.4 Å². The molecule has 1 fully saturated rings. The second-order valence-electron chi connectivity index (χ2n) is 7.66. The van der Waals surface area contributed by atoms with Crippen molar-refractivity contribution in [1.29, 1.82) is 0 Å². The van der Waals surface area contributed by atoms with Crippen LogP contribution in [0.3, 0.4) is 0 Å². The van der Waals surface area contributed by atoms with Gasteiger partial charge in [-0.05, 0) is 73.6 Å². The summed E-state index contributed by atoms with van der Waals surface area (Å²) in [6.45, 7) is 3.81. The Morgan fingerprint density at radius 1 is 1.26 bits per heavy atom. The second-order valence-corrected chi connectivity index (χ2v) is 8.07. The molecule has 4 heteroatoms. The summed E-state index contributed by atoms with van der Waals surface area (Å²) in [5.74, 6) is 1.44. The molecule has 3 nitrogen and oxygen atoms in total. The van der Waals surface area contributed by atoms with Crippen molar-refractivity contribution in [2.45, 2.75) is 32.7 Å². The first-order valence-corrected chi connectivity index (χ1v) is 10.1. The molecular weight excluding hydrogens is 358 g/mol. The van der Waals surface area contributed by atoms with E-state index in [4.69, 9.17) is 16.7 Å². The van der Waals surface area contributed by atoms with E-state index in [0.29, 0.717) is 30.1 Å². The van der Waals surface area contributed by atoms with Crippen molar-refractivity contribution in [3.63, 3.8) is 0 Å². The number of benzene rings is 1. The third-order valence-electron chi connectivity index (χ3n) is 5.77. The molecule has 0 amide bonds. The lowest BCUT2D eigenvalue weighted by Gasteiger charge is -2.44. The highest BCUT2D eigenvalue weighted by molar-refractivity contribution is 6.31. The Bertz CT molecular complexity index is 753. The summed E-state index contributed by atoms with van der Waals surface area (Å²) in [7, 11) is 0. The molecule has 27 heavy (non-hydrogen) atoms. The van der Waals surface area contributed by atoms with Crippen molar-refractivity contribution < 1.29 is 9.90 Å². The minimum absolute atomic E-state index is 0.521. The van der Waals surface area contributed by atoms with E-state index < -0.39 is 5.97 Å². The van der Waals surface area contributed by atoms with Crippen LogP contribution < -0.4 is 5.32 Å². The molecule has 1 aromatic rings. The van der Waals surface area contributed by atoms with Crippen LogP contribution in [-0.2, 0) is 11.3 Å². The van der Waals surface area contributed by atoms with Gasteiger partial charge in [-0.1, -0.05) is 54.1 Å². The number of nitrogens with one attached hydrogen (secondary N) is 1. The molecule has 144 valence electrons. The minimum Gasteiger partial charge on any atom is -0.478 e. The number of allylic oxidation sites excluding steroid dienone is 5. The third kappa shape index (κ3) is 5.33. The van der Waals surface area contributed by atoms with Crippen molar-refractivity contribution >= 4 is 17.6 Å². The fourth-order valence-electron chi connectivity index (χ4n) is 4.37. The zero-order valence-electron chi connectivity index (χ0n) is 15.8. The van der Waals surface area contributed by atoms with Crippen molar-refractivity contribution in [3.05, 3.63) is 70.8 Å². The zero-order valence-corrected chi connectivity index (χ0v) is 16.5. The SMILES string of the molecule is Cc1ccc(CNC[C@@H]2[C@@H](/C=C\C/C=C/C(=O)O)[C@H]3C=C[C@@H]2CC3)c(Cl)c1. The summed E-state index contributed by atoms with van der Waals surface area (Å²) >= 11 is 6.35. The minimum atomic E-state index is -0.889. The van der Waals surface area contributed by atoms with Gasteiger partial charge in [-0.15, -0.1) is 0 Å². The zero-order chi connectivity index (χ0) is 19.2. The van der Waals surface area contributed by atoms with Gasteiger partial charge in [-0.2, -0.15) is 0 Å². The predicted molar refractivity (Wildman–Crippen MR) is 111 cm³/mol. The maximum Gasteiger partial charge on any atom is 0.327 e. The van der Waals surface area contributed by atoms with Crippen molar-refractivity contribution in [2.75, 3.05) is 6.54 Å². The van der Waals surface area contributed by atoms with Crippen LogP contribution in [0, 0.1) is 30.6 Å². The van der Waals surface area contributed by atoms with Crippen molar-refractivity contribution in [1.82, 2.24) is 5.32 Å². The smallest absolute Gasteiger partial charge is 0.327 e. The second kappa shape index (κ2) is 9.38. The molecule has 3 aliphatic rings. The summed E-state index contributed by atoms with van der Waals surface area (Å²) in [5, 5.41) is 13.1. The standard InChI is InChI=1S/C23H28ClNO2/c1-16-7-8-19(22(24)13-16)14-25-15-21-18-11-9-17(10-12-18)20(21)5-3-2-4-6-23(26)27/h3-9,11,13,17-18,20-21,25H,2,10,12,14-15H2,1H3,(H,26,27)/b5-3-,6-4+/t17-,18+,20-,21-/m0/s1. The number of aryl methyl sites for hydroxylation is 1. The fraction of sp³-hybridized carbons (Fsp3) is 0.435. The average Bonchev–Trinajstić information content (AvgIpc) is 2.64. The van der Waals surface area contributed by atoms with Gasteiger partial charge in [0.2, 0.25) is 0 Å². The fourth-order valence-corrected chi connectivity index (χ4v) is 4.67. The van der Waals surface area contributed by atoms with Crippen LogP contribution in [0.5, 0.6) is 0 Å². The van der Waals surface area contributed by atoms with Crippen molar-refractivity contribution in [2.24, 2.45) is 23.7 Å². The van der Waals surface area contributed by atoms with Gasteiger partial charge in [0.05, 0.1) is 0 Å². The largest absolute Gasteiger partial charge is 0.478 e. The predicted octanol–water partition coefficient (Wildman–Crippen LogP) is 5.15. The first-order chi connectivity index (χ1) is 13.0. The molecule has 3 aliphatic carbocycles. The topological polar surface area (TPSA) is 49.3 Å². The van der Waals surface area contributed by atoms with Gasteiger partial charge in [0.15, 0.2) is 0 Å². The maximum atomic E-state index is 10.6. The highest BCUT2D eigenvalue weighted by atomic mass is 35.5. The Kier molecular flexibility index (Phi) is 6.92. The van der Waals surface area contributed by atoms with Gasteiger partial charge in [0, 0.05) is 17.6 Å². The van der Waals surface area contributed by atoms with Gasteiger partial charge in [-0.25, -0.2) is 4.79 Å². The molecule has 1 aromatic carbocycles. The number of fused-ring (bicyclic) bond motifs is 2. The monoisotopic (exact) mass is 385 g/mol. The van der Waals surface area contributed by atoms with E-state index >= 15 is 0 Å². The average molecular weight is 386 g/mol. The molecule has 0 unspecified atom stereocenters. The molecule has 2 bridgehead atoms. The molecule has 0 aliphatic heterocycles. The normalized spacial score (nSPS) is 27.0. The summed E-state index contributed by atoms with van der Waals surface area (Å²) in [4.78, 5) is 10.6. The molecule has 0 radical (unpaired) electrons. The number of hydrogen-bond acceptors (Lipinski definition) is 2. The lowest BCUT2D eigenvalue weighted by molar-refractivity contribution is -0.131. The number of rotatable bonds is 8. The Labute approximate surface area is 166 Å². The molecule has 2 N–H and O–H groups in total. The highest BCUT2D eigenvalue weighted by Crippen LogP contribution is 2.45. The highest BCUT2D eigenvalue weighted by Gasteiger charge is 2.38. The number of hydrogen-bond donors (Lipinski definition) is 2. The van der Waals surface area contributed by atoms with Gasteiger partial charge >= 0.3 is 5.97 Å². The van der Waals surface area contributed by atoms with Crippen molar-refractivity contribution in [3.8, 4) is 0 Å². The molecule has 0 spiro atoms. The Morgan fingerprint density at radius 3 is 2.74 bits per heavy atom. The Morgan fingerprint density at radius 2 is 2.04 bits per heavy atom. The van der Waals surface area contributed by atoms with E-state index in [1.807, 2.05) is 6.07 Å². The number of halogens is 1. The van der Waals surface area contributed by atoms with E-state index in [-0.39, 0.29) is 0 Å². The molecule has 1 saturated carbocycles. The summed E-state index contributed by atoms with van der Waals surface area (Å²) in [5.41, 5.74) is 2.32. The van der Waals surface area contributed by atoms with Crippen LogP contribution in [0.2, 0.25) is 5.02 Å². The number of carboxylic acid groups (broad SMARTS) is 1. The maximum absolute atomic E-state index is 10.6. The number of carbonyl (C=O) groups is 1. The summed E-state index contributed by atoms with van der Waals surface area (Å²) in [6.07, 6.45) is 15.3.